The highest BCUT2D eigenvalue weighted by Gasteiger charge is 2.37. The minimum atomic E-state index is -3.97. The number of carbonyl (C=O) groups excluding carboxylic acids is 1. The van der Waals surface area contributed by atoms with Crippen LogP contribution in [-0.2, 0) is 26.0 Å². The lowest BCUT2D eigenvalue weighted by Gasteiger charge is -2.24. The highest BCUT2D eigenvalue weighted by molar-refractivity contribution is 7.95. The molecule has 0 aliphatic carbocycles. The van der Waals surface area contributed by atoms with E-state index < -0.39 is 9.84 Å². The average Bonchev–Trinajstić information content (AvgIpc) is 2.99. The number of aromatic nitrogens is 2. The van der Waals surface area contributed by atoms with Gasteiger partial charge in [0, 0.05) is 18.5 Å². The number of aryl methyl sites for hydroxylation is 2. The Morgan fingerprint density at radius 3 is 2.63 bits per heavy atom. The molecule has 0 spiro atoms. The molecule has 0 saturated heterocycles. The number of hydrogen-bond acceptors (Lipinski definition) is 7. The van der Waals surface area contributed by atoms with Gasteiger partial charge in [0.1, 0.15) is 18.0 Å². The van der Waals surface area contributed by atoms with E-state index in [0.717, 1.165) is 0 Å². The molecule has 0 radical (unpaired) electrons. The summed E-state index contributed by atoms with van der Waals surface area (Å²) in [7, 11) is -2.62. The lowest BCUT2D eigenvalue weighted by Crippen LogP contribution is -2.24. The SMILES string of the molecule is CCn1ncc(-c2cc(C)c3c(c2C)C(=NOC)CC(=C=O)S3(=O)=O)c1O. The fourth-order valence-electron chi connectivity index (χ4n) is 3.40. The summed E-state index contributed by atoms with van der Waals surface area (Å²) < 4.78 is 27.2. The second kappa shape index (κ2) is 6.68. The van der Waals surface area contributed by atoms with E-state index in [9.17, 15) is 18.3 Å². The van der Waals surface area contributed by atoms with Crippen molar-refractivity contribution in [3.05, 3.63) is 33.9 Å². The van der Waals surface area contributed by atoms with Gasteiger partial charge in [-0.05, 0) is 43.5 Å². The lowest BCUT2D eigenvalue weighted by atomic mass is 9.91. The van der Waals surface area contributed by atoms with Crippen LogP contribution in [0.25, 0.3) is 11.1 Å². The van der Waals surface area contributed by atoms with E-state index >= 15 is 0 Å². The Hall–Kier alpha value is -2.90. The summed E-state index contributed by atoms with van der Waals surface area (Å²) in [5.74, 6) is 1.52. The first-order valence-corrected chi connectivity index (χ1v) is 9.75. The van der Waals surface area contributed by atoms with Gasteiger partial charge in [-0.3, -0.25) is 0 Å². The van der Waals surface area contributed by atoms with Crippen LogP contribution in [0.2, 0.25) is 0 Å². The molecule has 3 rings (SSSR count). The number of fused-ring (bicyclic) bond motifs is 1. The van der Waals surface area contributed by atoms with Crippen molar-refractivity contribution in [3.63, 3.8) is 0 Å². The Kier molecular flexibility index (Phi) is 4.67. The van der Waals surface area contributed by atoms with Crippen LogP contribution < -0.4 is 0 Å². The normalized spacial score (nSPS) is 16.9. The molecule has 0 bridgehead atoms. The molecule has 0 atom stereocenters. The second-order valence-electron chi connectivity index (χ2n) is 6.19. The van der Waals surface area contributed by atoms with Crippen molar-refractivity contribution in [2.75, 3.05) is 7.11 Å². The van der Waals surface area contributed by atoms with Gasteiger partial charge in [-0.1, -0.05) is 5.16 Å². The fraction of sp³-hybridized carbons (Fsp3) is 0.333. The van der Waals surface area contributed by atoms with Crippen LogP contribution in [0.1, 0.15) is 30.0 Å². The number of nitrogens with zero attached hydrogens (tertiary/aromatic N) is 3. The maximum absolute atomic E-state index is 12.9. The van der Waals surface area contributed by atoms with Crippen molar-refractivity contribution in [2.45, 2.75) is 38.6 Å². The molecule has 0 saturated carbocycles. The molecule has 1 aliphatic heterocycles. The summed E-state index contributed by atoms with van der Waals surface area (Å²) >= 11 is 0. The summed E-state index contributed by atoms with van der Waals surface area (Å²) in [6, 6.07) is 1.67. The largest absolute Gasteiger partial charge is 0.493 e. The van der Waals surface area contributed by atoms with E-state index in [1.165, 1.54) is 23.9 Å². The van der Waals surface area contributed by atoms with Gasteiger partial charge in [-0.15, -0.1) is 0 Å². The zero-order chi connectivity index (χ0) is 19.9. The Balaban J connectivity index is 2.42. The topological polar surface area (TPSA) is 111 Å². The molecule has 8 nitrogen and oxygen atoms in total. The zero-order valence-electron chi connectivity index (χ0n) is 15.4. The molecule has 142 valence electrons. The Morgan fingerprint density at radius 1 is 1.37 bits per heavy atom. The Morgan fingerprint density at radius 2 is 2.07 bits per heavy atom. The zero-order valence-corrected chi connectivity index (χ0v) is 16.2. The Labute approximate surface area is 156 Å². The molecule has 2 aromatic rings. The number of benzene rings is 1. The van der Waals surface area contributed by atoms with Gasteiger partial charge in [0.25, 0.3) is 0 Å². The van der Waals surface area contributed by atoms with Gasteiger partial charge in [0.15, 0.2) is 0 Å². The van der Waals surface area contributed by atoms with Crippen molar-refractivity contribution in [2.24, 2.45) is 5.16 Å². The number of rotatable bonds is 3. The van der Waals surface area contributed by atoms with Crippen LogP contribution in [0.5, 0.6) is 5.88 Å². The van der Waals surface area contributed by atoms with E-state index in [1.54, 1.807) is 19.9 Å². The lowest BCUT2D eigenvalue weighted by molar-refractivity contribution is 0.213. The van der Waals surface area contributed by atoms with Crippen LogP contribution in [0.4, 0.5) is 0 Å². The number of allylic oxidation sites excluding steroid dienone is 1. The summed E-state index contributed by atoms with van der Waals surface area (Å²) in [4.78, 5) is 15.7. The summed E-state index contributed by atoms with van der Waals surface area (Å²) in [6.07, 6.45) is 1.34. The third-order valence-corrected chi connectivity index (χ3v) is 6.59. The standard InChI is InChI=1S/C18H19N3O5S/c1-5-21-18(23)14(8-19-21)13-6-10(2)17-16(11(13)3)15(20-26-4)7-12(9-22)27(17,24)25/h6,8,23H,5,7H2,1-4H3. The van der Waals surface area contributed by atoms with Crippen LogP contribution in [-0.4, -0.2) is 42.1 Å². The molecular formula is C18H19N3O5S. The molecule has 1 N–H and O–H groups in total. The van der Waals surface area contributed by atoms with Crippen LogP contribution in [0.3, 0.4) is 0 Å². The minimum absolute atomic E-state index is 0.00248. The van der Waals surface area contributed by atoms with Crippen LogP contribution >= 0.6 is 0 Å². The highest BCUT2D eigenvalue weighted by atomic mass is 32.2. The second-order valence-corrected chi connectivity index (χ2v) is 8.10. The van der Waals surface area contributed by atoms with Crippen molar-refractivity contribution in [3.8, 4) is 17.0 Å². The van der Waals surface area contributed by atoms with Gasteiger partial charge in [0.2, 0.25) is 15.7 Å². The van der Waals surface area contributed by atoms with E-state index in [-0.39, 0.29) is 22.1 Å². The fourth-order valence-corrected chi connectivity index (χ4v) is 5.11. The first kappa shape index (κ1) is 18.9. The molecule has 0 fully saturated rings. The smallest absolute Gasteiger partial charge is 0.217 e. The summed E-state index contributed by atoms with van der Waals surface area (Å²) in [5, 5.41) is 18.5. The van der Waals surface area contributed by atoms with E-state index in [4.69, 9.17) is 4.84 Å². The number of aromatic hydroxyl groups is 1. The van der Waals surface area contributed by atoms with Gasteiger partial charge in [-0.25, -0.2) is 17.9 Å². The molecule has 0 amide bonds. The molecule has 1 aliphatic rings. The average molecular weight is 389 g/mol. The van der Waals surface area contributed by atoms with Crippen molar-refractivity contribution >= 4 is 21.5 Å². The van der Waals surface area contributed by atoms with E-state index in [0.29, 0.717) is 40.1 Å². The Bertz CT molecular complexity index is 1120. The molecule has 1 aromatic carbocycles. The quantitative estimate of drug-likeness (QED) is 0.636. The predicted octanol–water partition coefficient (Wildman–Crippen LogP) is 2.14. The first-order valence-electron chi connectivity index (χ1n) is 8.26. The summed E-state index contributed by atoms with van der Waals surface area (Å²) in [5.41, 5.74) is 2.88. The number of sulfone groups is 1. The highest BCUT2D eigenvalue weighted by Crippen LogP contribution is 2.41. The van der Waals surface area contributed by atoms with Gasteiger partial charge in [0.05, 0.1) is 22.4 Å². The van der Waals surface area contributed by atoms with Crippen molar-refractivity contribution < 1.29 is 23.2 Å². The van der Waals surface area contributed by atoms with Gasteiger partial charge < -0.3 is 9.94 Å². The molecule has 9 heteroatoms. The summed E-state index contributed by atoms with van der Waals surface area (Å²) in [6.45, 7) is 5.73. The van der Waals surface area contributed by atoms with Gasteiger partial charge in [-0.2, -0.15) is 5.10 Å². The maximum atomic E-state index is 12.9. The first-order chi connectivity index (χ1) is 12.8. The monoisotopic (exact) mass is 389 g/mol. The third kappa shape index (κ3) is 2.75. The van der Waals surface area contributed by atoms with Crippen molar-refractivity contribution in [1.29, 1.82) is 0 Å². The van der Waals surface area contributed by atoms with Gasteiger partial charge >= 0.3 is 0 Å². The van der Waals surface area contributed by atoms with Crippen molar-refractivity contribution in [1.82, 2.24) is 9.78 Å². The third-order valence-electron chi connectivity index (χ3n) is 4.65. The molecule has 1 aromatic heterocycles. The predicted molar refractivity (Wildman–Crippen MR) is 99.0 cm³/mol. The van der Waals surface area contributed by atoms with E-state index in [2.05, 4.69) is 10.3 Å². The molecule has 2 heterocycles. The van der Waals surface area contributed by atoms with E-state index in [1.807, 2.05) is 6.92 Å². The maximum Gasteiger partial charge on any atom is 0.217 e. The van der Waals surface area contributed by atoms with Crippen LogP contribution in [0, 0.1) is 13.8 Å². The van der Waals surface area contributed by atoms with Crippen LogP contribution in [0.15, 0.2) is 27.2 Å². The minimum Gasteiger partial charge on any atom is -0.493 e. The number of hydrogen-bond donors (Lipinski definition) is 1. The molecule has 0 unspecified atom stereocenters. The molecular weight excluding hydrogens is 370 g/mol. The molecule has 27 heavy (non-hydrogen) atoms. The number of oxime groups is 1.